The number of halogens is 1. The molecule has 0 saturated carbocycles. The maximum atomic E-state index is 11.1. The SMILES string of the molecule is CCOOC=Nc1cc(Cl)c2[nH]c(=O)[nH]c2n1. The van der Waals surface area contributed by atoms with Gasteiger partial charge in [-0.25, -0.2) is 9.78 Å². The van der Waals surface area contributed by atoms with E-state index in [2.05, 4.69) is 29.7 Å². The predicted octanol–water partition coefficient (Wildman–Crippen LogP) is 1.53. The summed E-state index contributed by atoms with van der Waals surface area (Å²) in [5.41, 5.74) is 0.411. The lowest BCUT2D eigenvalue weighted by Crippen LogP contribution is -1.99. The van der Waals surface area contributed by atoms with Gasteiger partial charge in [0.05, 0.1) is 11.6 Å². The van der Waals surface area contributed by atoms with Crippen LogP contribution in [0.1, 0.15) is 6.92 Å². The molecule has 2 heterocycles. The van der Waals surface area contributed by atoms with Gasteiger partial charge in [0.15, 0.2) is 11.5 Å². The molecule has 0 atom stereocenters. The van der Waals surface area contributed by atoms with Crippen LogP contribution in [0.5, 0.6) is 0 Å². The fourth-order valence-electron chi connectivity index (χ4n) is 1.20. The van der Waals surface area contributed by atoms with E-state index in [-0.39, 0.29) is 5.69 Å². The Morgan fingerprint density at radius 2 is 2.41 bits per heavy atom. The summed E-state index contributed by atoms with van der Waals surface area (Å²) in [6, 6.07) is 1.50. The van der Waals surface area contributed by atoms with Crippen LogP contribution in [-0.2, 0) is 9.78 Å². The van der Waals surface area contributed by atoms with Crippen LogP contribution in [0.2, 0.25) is 5.02 Å². The highest BCUT2D eigenvalue weighted by Gasteiger charge is 2.06. The minimum atomic E-state index is -0.374. The number of aromatic nitrogens is 3. The zero-order valence-corrected chi connectivity index (χ0v) is 9.61. The zero-order chi connectivity index (χ0) is 12.3. The summed E-state index contributed by atoms with van der Waals surface area (Å²) < 4.78 is 0. The van der Waals surface area contributed by atoms with E-state index in [9.17, 15) is 4.79 Å². The maximum Gasteiger partial charge on any atom is 0.325 e. The highest BCUT2D eigenvalue weighted by Crippen LogP contribution is 2.22. The molecule has 0 fully saturated rings. The second-order valence-corrected chi connectivity index (χ2v) is 3.41. The molecule has 2 N–H and O–H groups in total. The molecular weight excluding hydrogens is 248 g/mol. The maximum absolute atomic E-state index is 11.1. The molecule has 90 valence electrons. The van der Waals surface area contributed by atoms with Crippen LogP contribution in [0.25, 0.3) is 11.2 Å². The molecule has 2 aromatic rings. The molecule has 0 bridgehead atoms. The van der Waals surface area contributed by atoms with Crippen LogP contribution in [0.15, 0.2) is 15.9 Å². The Bertz CT molecular complexity index is 604. The summed E-state index contributed by atoms with van der Waals surface area (Å²) in [7, 11) is 0. The molecule has 0 aliphatic rings. The Morgan fingerprint density at radius 3 is 3.18 bits per heavy atom. The van der Waals surface area contributed by atoms with Gasteiger partial charge in [0, 0.05) is 6.07 Å². The molecule has 0 saturated heterocycles. The first-order valence-corrected chi connectivity index (χ1v) is 5.18. The van der Waals surface area contributed by atoms with Crippen molar-refractivity contribution < 1.29 is 9.78 Å². The Balaban J connectivity index is 2.30. The Hall–Kier alpha value is -1.86. The van der Waals surface area contributed by atoms with Gasteiger partial charge in [0.2, 0.25) is 6.40 Å². The van der Waals surface area contributed by atoms with Gasteiger partial charge in [-0.3, -0.25) is 4.98 Å². The Morgan fingerprint density at radius 1 is 1.59 bits per heavy atom. The second kappa shape index (κ2) is 4.98. The fraction of sp³-hybridized carbons (Fsp3) is 0.222. The van der Waals surface area contributed by atoms with Crippen LogP contribution in [0, 0.1) is 0 Å². The molecule has 0 spiro atoms. The van der Waals surface area contributed by atoms with Crippen molar-refractivity contribution in [3.63, 3.8) is 0 Å². The topological polar surface area (TPSA) is 92.4 Å². The van der Waals surface area contributed by atoms with Gasteiger partial charge < -0.3 is 9.87 Å². The standard InChI is InChI=1S/C9H9ClN4O3/c1-2-16-17-4-11-6-3-5(10)7-8(12-6)14-9(15)13-7/h3-4H,2H2,1H3,(H2,12,13,14,15). The molecule has 0 aromatic carbocycles. The van der Waals surface area contributed by atoms with Crippen molar-refractivity contribution in [3.05, 3.63) is 21.6 Å². The smallest absolute Gasteiger partial charge is 0.325 e. The third-order valence-electron chi connectivity index (χ3n) is 1.84. The van der Waals surface area contributed by atoms with E-state index >= 15 is 0 Å². The summed E-state index contributed by atoms with van der Waals surface area (Å²) in [4.78, 5) is 33.2. The fourth-order valence-corrected chi connectivity index (χ4v) is 1.44. The van der Waals surface area contributed by atoms with E-state index in [1.807, 2.05) is 0 Å². The first-order chi connectivity index (χ1) is 8.20. The van der Waals surface area contributed by atoms with Gasteiger partial charge in [-0.05, 0) is 6.92 Å². The van der Waals surface area contributed by atoms with E-state index < -0.39 is 0 Å². The van der Waals surface area contributed by atoms with E-state index in [1.54, 1.807) is 6.92 Å². The number of H-pyrrole nitrogens is 2. The van der Waals surface area contributed by atoms with Crippen molar-refractivity contribution in [1.29, 1.82) is 0 Å². The predicted molar refractivity (Wildman–Crippen MR) is 62.6 cm³/mol. The van der Waals surface area contributed by atoms with E-state index in [1.165, 1.54) is 6.07 Å². The summed E-state index contributed by atoms with van der Waals surface area (Å²) in [6.07, 6.45) is 1.10. The summed E-state index contributed by atoms with van der Waals surface area (Å²) in [5, 5.41) is 0.344. The first kappa shape index (κ1) is 11.6. The molecule has 0 unspecified atom stereocenters. The largest absolute Gasteiger partial charge is 0.325 e. The lowest BCUT2D eigenvalue weighted by molar-refractivity contribution is -0.211. The van der Waals surface area contributed by atoms with Gasteiger partial charge in [-0.2, -0.15) is 9.88 Å². The number of imidazole rings is 1. The molecule has 7 nitrogen and oxygen atoms in total. The van der Waals surface area contributed by atoms with Gasteiger partial charge in [0.25, 0.3) is 0 Å². The number of pyridine rings is 1. The molecule has 0 amide bonds. The number of nitrogens with zero attached hydrogens (tertiary/aromatic N) is 2. The molecular formula is C9H9ClN4O3. The monoisotopic (exact) mass is 256 g/mol. The van der Waals surface area contributed by atoms with Crippen molar-refractivity contribution in [1.82, 2.24) is 15.0 Å². The van der Waals surface area contributed by atoms with Gasteiger partial charge in [-0.1, -0.05) is 11.6 Å². The number of fused-ring (bicyclic) bond motifs is 1. The van der Waals surface area contributed by atoms with Gasteiger partial charge in [0.1, 0.15) is 5.52 Å². The van der Waals surface area contributed by atoms with E-state index in [0.29, 0.717) is 28.6 Å². The van der Waals surface area contributed by atoms with Crippen molar-refractivity contribution in [2.75, 3.05) is 6.61 Å². The molecule has 8 heteroatoms. The van der Waals surface area contributed by atoms with Crippen LogP contribution < -0.4 is 5.69 Å². The lowest BCUT2D eigenvalue weighted by atomic mass is 10.4. The molecule has 17 heavy (non-hydrogen) atoms. The van der Waals surface area contributed by atoms with Crippen LogP contribution in [0.3, 0.4) is 0 Å². The number of aromatic amines is 2. The van der Waals surface area contributed by atoms with Crippen LogP contribution in [0.4, 0.5) is 5.82 Å². The minimum Gasteiger partial charge on any atom is -0.325 e. The van der Waals surface area contributed by atoms with Crippen molar-refractivity contribution in [2.24, 2.45) is 4.99 Å². The molecule has 0 aliphatic heterocycles. The normalized spacial score (nSPS) is 11.4. The van der Waals surface area contributed by atoms with E-state index in [0.717, 1.165) is 6.40 Å². The number of rotatable bonds is 4. The van der Waals surface area contributed by atoms with Gasteiger partial charge >= 0.3 is 5.69 Å². The number of hydrogen-bond acceptors (Lipinski definition) is 5. The third-order valence-corrected chi connectivity index (χ3v) is 2.14. The number of hydrogen-bond donors (Lipinski definition) is 2. The quantitative estimate of drug-likeness (QED) is 0.285. The Labute approximate surface area is 100 Å². The number of nitrogens with one attached hydrogen (secondary N) is 2. The molecule has 0 radical (unpaired) electrons. The highest BCUT2D eigenvalue weighted by atomic mass is 35.5. The van der Waals surface area contributed by atoms with Crippen molar-refractivity contribution in [2.45, 2.75) is 6.92 Å². The Kier molecular flexibility index (Phi) is 3.40. The lowest BCUT2D eigenvalue weighted by Gasteiger charge is -1.96. The average Bonchev–Trinajstić information content (AvgIpc) is 2.66. The summed E-state index contributed by atoms with van der Waals surface area (Å²) >= 11 is 5.94. The molecule has 0 aliphatic carbocycles. The molecule has 2 aromatic heterocycles. The number of aliphatic imine (C=N–C) groups is 1. The van der Waals surface area contributed by atoms with Crippen molar-refractivity contribution in [3.8, 4) is 0 Å². The summed E-state index contributed by atoms with van der Waals surface area (Å²) in [6.45, 7) is 2.18. The first-order valence-electron chi connectivity index (χ1n) is 4.80. The van der Waals surface area contributed by atoms with E-state index in [4.69, 9.17) is 11.6 Å². The van der Waals surface area contributed by atoms with Crippen LogP contribution >= 0.6 is 11.6 Å². The average molecular weight is 257 g/mol. The second-order valence-electron chi connectivity index (χ2n) is 3.00. The zero-order valence-electron chi connectivity index (χ0n) is 8.86. The van der Waals surface area contributed by atoms with Crippen molar-refractivity contribution >= 4 is 35.0 Å². The third kappa shape index (κ3) is 2.63. The highest BCUT2D eigenvalue weighted by molar-refractivity contribution is 6.35. The minimum absolute atomic E-state index is 0.303. The summed E-state index contributed by atoms with van der Waals surface area (Å²) in [5.74, 6) is 0.303. The van der Waals surface area contributed by atoms with Gasteiger partial charge in [-0.15, -0.1) is 0 Å². The van der Waals surface area contributed by atoms with Crippen LogP contribution in [-0.4, -0.2) is 28.0 Å². The molecule has 2 rings (SSSR count).